The lowest BCUT2D eigenvalue weighted by Gasteiger charge is -2.44. The van der Waals surface area contributed by atoms with Gasteiger partial charge in [-0.1, -0.05) is 42.5 Å². The Morgan fingerprint density at radius 2 is 1.67 bits per heavy atom. The van der Waals surface area contributed by atoms with Crippen LogP contribution in [0.3, 0.4) is 0 Å². The SMILES string of the molecule is CCOC(=O)CN1CCN(C(=O)NC2(c3ccccc3)CCN(CCC(CN(C)C(=O)c3cc(-n4cnnn4)ccc3OC)c3ccc(F)cc3)CC2)CC1. The normalized spacial score (nSPS) is 16.6. The van der Waals surface area contributed by atoms with Gasteiger partial charge in [0.1, 0.15) is 17.9 Å². The molecule has 3 heterocycles. The van der Waals surface area contributed by atoms with E-state index in [0.717, 1.165) is 50.0 Å². The third-order valence-electron chi connectivity index (χ3n) is 10.7. The van der Waals surface area contributed by atoms with Crippen LogP contribution < -0.4 is 10.1 Å². The van der Waals surface area contributed by atoms with Crippen molar-refractivity contribution >= 4 is 17.9 Å². The van der Waals surface area contributed by atoms with Crippen LogP contribution in [0.1, 0.15) is 53.6 Å². The molecule has 0 bridgehead atoms. The molecule has 1 atom stereocenters. The molecule has 2 saturated heterocycles. The van der Waals surface area contributed by atoms with E-state index in [1.54, 1.807) is 49.2 Å². The van der Waals surface area contributed by atoms with E-state index in [2.05, 4.69) is 37.9 Å². The third-order valence-corrected chi connectivity index (χ3v) is 10.7. The Kier molecular flexibility index (Phi) is 13.1. The molecule has 4 aromatic rings. The van der Waals surface area contributed by atoms with Crippen LogP contribution in [0.2, 0.25) is 0 Å². The van der Waals surface area contributed by atoms with E-state index in [1.165, 1.54) is 30.3 Å². The zero-order valence-electron chi connectivity index (χ0n) is 31.8. The third kappa shape index (κ3) is 9.83. The number of likely N-dealkylation sites (N-methyl/N-ethyl adjacent to an activating group) is 1. The zero-order valence-corrected chi connectivity index (χ0v) is 31.8. The Bertz CT molecular complexity index is 1860. The van der Waals surface area contributed by atoms with Gasteiger partial charge in [0.15, 0.2) is 0 Å². The van der Waals surface area contributed by atoms with E-state index in [9.17, 15) is 18.8 Å². The number of esters is 1. The van der Waals surface area contributed by atoms with Crippen molar-refractivity contribution in [3.8, 4) is 11.4 Å². The van der Waals surface area contributed by atoms with Crippen LogP contribution in [0, 0.1) is 5.82 Å². The van der Waals surface area contributed by atoms with Gasteiger partial charge in [-0.25, -0.2) is 13.9 Å². The minimum atomic E-state index is -0.532. The number of amides is 3. The van der Waals surface area contributed by atoms with Crippen LogP contribution in [0.5, 0.6) is 5.75 Å². The highest BCUT2D eigenvalue weighted by Crippen LogP contribution is 2.34. The number of methoxy groups -OCH3 is 1. The highest BCUT2D eigenvalue weighted by Gasteiger charge is 2.39. The van der Waals surface area contributed by atoms with Crippen LogP contribution in [-0.2, 0) is 15.1 Å². The van der Waals surface area contributed by atoms with Gasteiger partial charge < -0.3 is 29.5 Å². The number of piperazine rings is 1. The molecular weight excluding hydrogens is 705 g/mol. The minimum Gasteiger partial charge on any atom is -0.496 e. The van der Waals surface area contributed by atoms with Crippen LogP contribution >= 0.6 is 0 Å². The monoisotopic (exact) mass is 755 g/mol. The maximum Gasteiger partial charge on any atom is 0.320 e. The number of tetrazole rings is 1. The second-order valence-electron chi connectivity index (χ2n) is 14.1. The van der Waals surface area contributed by atoms with E-state index in [4.69, 9.17) is 9.47 Å². The predicted molar refractivity (Wildman–Crippen MR) is 203 cm³/mol. The number of nitrogens with zero attached hydrogens (tertiary/aromatic N) is 8. The molecule has 1 N–H and O–H groups in total. The van der Waals surface area contributed by atoms with Crippen molar-refractivity contribution in [2.24, 2.45) is 0 Å². The fourth-order valence-corrected chi connectivity index (χ4v) is 7.52. The summed E-state index contributed by atoms with van der Waals surface area (Å²) >= 11 is 0. The van der Waals surface area contributed by atoms with Crippen LogP contribution in [0.15, 0.2) is 79.1 Å². The summed E-state index contributed by atoms with van der Waals surface area (Å²) in [6, 6.07) is 21.8. The van der Waals surface area contributed by atoms with Crippen molar-refractivity contribution in [2.75, 3.05) is 79.7 Å². The Morgan fingerprint density at radius 1 is 0.945 bits per heavy atom. The van der Waals surface area contributed by atoms with Gasteiger partial charge in [0.2, 0.25) is 0 Å². The number of carbonyl (C=O) groups is 3. The van der Waals surface area contributed by atoms with Crippen LogP contribution in [0.4, 0.5) is 9.18 Å². The van der Waals surface area contributed by atoms with Crippen molar-refractivity contribution < 1.29 is 28.2 Å². The fourth-order valence-electron chi connectivity index (χ4n) is 7.52. The first-order chi connectivity index (χ1) is 26.7. The first-order valence-electron chi connectivity index (χ1n) is 18.8. The van der Waals surface area contributed by atoms with Crippen molar-refractivity contribution in [3.63, 3.8) is 0 Å². The summed E-state index contributed by atoms with van der Waals surface area (Å²) in [5.41, 5.74) is 2.49. The van der Waals surface area contributed by atoms with E-state index in [0.29, 0.717) is 56.3 Å². The van der Waals surface area contributed by atoms with Gasteiger partial charge >= 0.3 is 12.0 Å². The number of rotatable bonds is 14. The summed E-state index contributed by atoms with van der Waals surface area (Å²) in [6.45, 7) is 7.31. The van der Waals surface area contributed by atoms with Gasteiger partial charge in [0.05, 0.1) is 37.1 Å². The number of aromatic nitrogens is 4. The molecule has 55 heavy (non-hydrogen) atoms. The average molecular weight is 756 g/mol. The number of nitrogens with one attached hydrogen (secondary N) is 1. The van der Waals surface area contributed by atoms with Gasteiger partial charge in [-0.3, -0.25) is 14.5 Å². The molecule has 0 saturated carbocycles. The predicted octanol–water partition coefficient (Wildman–Crippen LogP) is 3.94. The second kappa shape index (κ2) is 18.3. The summed E-state index contributed by atoms with van der Waals surface area (Å²) in [7, 11) is 3.29. The van der Waals surface area contributed by atoms with E-state index in [1.807, 2.05) is 28.0 Å². The summed E-state index contributed by atoms with van der Waals surface area (Å²) in [5.74, 6) is -0.424. The maximum atomic E-state index is 14.0. The fraction of sp³-hybridized carbons (Fsp3) is 0.450. The number of piperidine rings is 1. The second-order valence-corrected chi connectivity index (χ2v) is 14.1. The molecule has 14 nitrogen and oxygen atoms in total. The molecule has 2 fully saturated rings. The molecule has 2 aliphatic heterocycles. The molecule has 0 radical (unpaired) electrons. The van der Waals surface area contributed by atoms with E-state index < -0.39 is 5.54 Å². The zero-order chi connectivity index (χ0) is 38.8. The summed E-state index contributed by atoms with van der Waals surface area (Å²) < 4.78 is 26.2. The lowest BCUT2D eigenvalue weighted by molar-refractivity contribution is -0.144. The topological polar surface area (TPSA) is 138 Å². The van der Waals surface area contributed by atoms with E-state index >= 15 is 0 Å². The van der Waals surface area contributed by atoms with Gasteiger partial charge in [-0.05, 0) is 84.6 Å². The van der Waals surface area contributed by atoms with Gasteiger partial charge in [0.25, 0.3) is 5.91 Å². The Labute approximate surface area is 321 Å². The lowest BCUT2D eigenvalue weighted by Crippen LogP contribution is -2.59. The number of ether oxygens (including phenoxy) is 2. The average Bonchev–Trinajstić information content (AvgIpc) is 3.76. The standard InChI is InChI=1S/C40H50FN9O5/c1-4-55-37(51)28-48-22-24-49(25-23-48)39(53)43-40(32-8-6-5-7-9-32)17-20-47(21-18-40)19-16-31(30-10-12-33(41)13-11-30)27-46(2)38(52)35-26-34(14-15-36(35)54-3)50-29-42-44-45-50/h5-15,26,29,31H,4,16-25,27-28H2,1-3H3,(H,43,53). The Morgan fingerprint density at radius 3 is 2.33 bits per heavy atom. The highest BCUT2D eigenvalue weighted by molar-refractivity contribution is 5.97. The number of urea groups is 1. The minimum absolute atomic E-state index is 0.0775. The summed E-state index contributed by atoms with van der Waals surface area (Å²) in [4.78, 5) is 47.6. The molecule has 15 heteroatoms. The molecule has 3 aromatic carbocycles. The maximum absolute atomic E-state index is 14.0. The van der Waals surface area contributed by atoms with Gasteiger partial charge in [-0.15, -0.1) is 5.10 Å². The highest BCUT2D eigenvalue weighted by atomic mass is 19.1. The molecule has 1 aromatic heterocycles. The number of likely N-dealkylation sites (tertiary alicyclic amines) is 1. The molecule has 0 spiro atoms. The van der Waals surface area contributed by atoms with Crippen molar-refractivity contribution in [3.05, 3.63) is 102 Å². The largest absolute Gasteiger partial charge is 0.496 e. The number of halogens is 1. The molecule has 292 valence electrons. The van der Waals surface area contributed by atoms with Crippen LogP contribution in [0.25, 0.3) is 5.69 Å². The Hall–Kier alpha value is -5.41. The smallest absolute Gasteiger partial charge is 0.320 e. The van der Waals surface area contributed by atoms with Crippen molar-refractivity contribution in [1.29, 1.82) is 0 Å². The molecule has 6 rings (SSSR count). The summed E-state index contributed by atoms with van der Waals surface area (Å²) in [6.07, 6.45) is 3.64. The number of hydrogen-bond donors (Lipinski definition) is 1. The number of hydrogen-bond acceptors (Lipinski definition) is 10. The molecule has 2 aliphatic rings. The first-order valence-corrected chi connectivity index (χ1v) is 18.8. The molecule has 1 unspecified atom stereocenters. The molecule has 0 aliphatic carbocycles. The quantitative estimate of drug-likeness (QED) is 0.189. The number of carbonyl (C=O) groups excluding carboxylic acids is 3. The summed E-state index contributed by atoms with van der Waals surface area (Å²) in [5, 5.41) is 14.8. The van der Waals surface area contributed by atoms with Gasteiger partial charge in [0, 0.05) is 58.8 Å². The Balaban J connectivity index is 1.10. The molecule has 3 amide bonds. The lowest BCUT2D eigenvalue weighted by atomic mass is 9.80. The molecular formula is C40H50FN9O5. The van der Waals surface area contributed by atoms with Crippen molar-refractivity contribution in [1.82, 2.24) is 45.1 Å². The number of benzene rings is 3. The first kappa shape index (κ1) is 39.3. The van der Waals surface area contributed by atoms with Crippen molar-refractivity contribution in [2.45, 2.75) is 37.6 Å². The van der Waals surface area contributed by atoms with Gasteiger partial charge in [-0.2, -0.15) is 0 Å². The van der Waals surface area contributed by atoms with E-state index in [-0.39, 0.29) is 36.2 Å². The van der Waals surface area contributed by atoms with Crippen LogP contribution in [-0.4, -0.2) is 137 Å².